The van der Waals surface area contributed by atoms with E-state index in [0.717, 1.165) is 23.4 Å². The fourth-order valence-electron chi connectivity index (χ4n) is 3.33. The molecule has 2 rings (SSSR count). The first kappa shape index (κ1) is 25.5. The van der Waals surface area contributed by atoms with Crippen molar-refractivity contribution in [3.8, 4) is 0 Å². The Bertz CT molecular complexity index is 956. The summed E-state index contributed by atoms with van der Waals surface area (Å²) in [4.78, 5) is 8.38. The van der Waals surface area contributed by atoms with Crippen molar-refractivity contribution in [2.24, 2.45) is 11.6 Å². The van der Waals surface area contributed by atoms with Gasteiger partial charge in [0, 0.05) is 42.2 Å². The SMILES string of the molecule is C=CCN(C(=C)CN(C)C(C=C)Cc1cccnc1)c1cc(Cl)ccc1N(N)/C=C(\N)Cl. The molecule has 0 fully saturated rings. The Morgan fingerprint density at radius 1 is 1.25 bits per heavy atom. The van der Waals surface area contributed by atoms with Gasteiger partial charge < -0.3 is 10.6 Å². The van der Waals surface area contributed by atoms with Crippen molar-refractivity contribution in [1.29, 1.82) is 0 Å². The summed E-state index contributed by atoms with van der Waals surface area (Å²) in [6, 6.07) is 9.47. The monoisotopic (exact) mass is 472 g/mol. The molecule has 1 atom stereocenters. The largest absolute Gasteiger partial charge is 0.388 e. The number of likely N-dealkylation sites (N-methyl/N-ethyl adjacent to an activating group) is 1. The van der Waals surface area contributed by atoms with Crippen LogP contribution < -0.4 is 21.5 Å². The first-order valence-electron chi connectivity index (χ1n) is 10.0. The molecular formula is C24H30Cl2N6. The minimum atomic E-state index is 0.0615. The van der Waals surface area contributed by atoms with Crippen LogP contribution in [0.3, 0.4) is 0 Å². The Morgan fingerprint density at radius 3 is 2.59 bits per heavy atom. The van der Waals surface area contributed by atoms with Gasteiger partial charge in [0.25, 0.3) is 0 Å². The lowest BCUT2D eigenvalue weighted by atomic mass is 10.1. The van der Waals surface area contributed by atoms with Gasteiger partial charge in [0.1, 0.15) is 5.16 Å². The first-order valence-corrected chi connectivity index (χ1v) is 10.8. The van der Waals surface area contributed by atoms with E-state index in [1.54, 1.807) is 24.4 Å². The third kappa shape index (κ3) is 7.14. The Balaban J connectivity index is 2.29. The number of aromatic nitrogens is 1. The minimum absolute atomic E-state index is 0.0615. The highest BCUT2D eigenvalue weighted by Crippen LogP contribution is 2.34. The summed E-state index contributed by atoms with van der Waals surface area (Å²) in [5.41, 5.74) is 9.00. The molecule has 170 valence electrons. The molecule has 0 saturated carbocycles. The van der Waals surface area contributed by atoms with Crippen LogP contribution in [0.1, 0.15) is 5.56 Å². The second-order valence-corrected chi connectivity index (χ2v) is 8.18. The number of anilines is 2. The van der Waals surface area contributed by atoms with Crippen molar-refractivity contribution >= 4 is 34.6 Å². The van der Waals surface area contributed by atoms with E-state index in [1.807, 2.05) is 36.4 Å². The number of hydrazine groups is 1. The lowest BCUT2D eigenvalue weighted by molar-refractivity contribution is 0.301. The van der Waals surface area contributed by atoms with Crippen molar-refractivity contribution in [3.05, 3.63) is 102 Å². The van der Waals surface area contributed by atoms with Crippen molar-refractivity contribution in [2.75, 3.05) is 30.0 Å². The predicted octanol–water partition coefficient (Wildman–Crippen LogP) is 4.65. The highest BCUT2D eigenvalue weighted by molar-refractivity contribution is 6.31. The van der Waals surface area contributed by atoms with Gasteiger partial charge in [0.05, 0.1) is 17.6 Å². The summed E-state index contributed by atoms with van der Waals surface area (Å²) < 4.78 is 0. The molecule has 0 aliphatic carbocycles. The summed E-state index contributed by atoms with van der Waals surface area (Å²) in [5.74, 6) is 6.18. The lowest BCUT2D eigenvalue weighted by Gasteiger charge is -2.33. The fraction of sp³-hybridized carbons (Fsp3) is 0.208. The normalized spacial score (nSPS) is 12.3. The van der Waals surface area contributed by atoms with Crippen LogP contribution in [0.15, 0.2) is 91.7 Å². The minimum Gasteiger partial charge on any atom is -0.388 e. The van der Waals surface area contributed by atoms with Gasteiger partial charge in [-0.2, -0.15) is 0 Å². The molecule has 0 aliphatic heterocycles. The summed E-state index contributed by atoms with van der Waals surface area (Å²) in [7, 11) is 2.03. The quantitative estimate of drug-likeness (QED) is 0.202. The van der Waals surface area contributed by atoms with E-state index in [4.69, 9.17) is 34.8 Å². The van der Waals surface area contributed by atoms with E-state index >= 15 is 0 Å². The lowest BCUT2D eigenvalue weighted by Crippen LogP contribution is -2.38. The predicted molar refractivity (Wildman–Crippen MR) is 137 cm³/mol. The first-order chi connectivity index (χ1) is 15.3. The van der Waals surface area contributed by atoms with Crippen LogP contribution in [0.4, 0.5) is 11.4 Å². The molecular weight excluding hydrogens is 443 g/mol. The maximum Gasteiger partial charge on any atom is 0.117 e. The van der Waals surface area contributed by atoms with Crippen LogP contribution >= 0.6 is 23.2 Å². The average molecular weight is 473 g/mol. The van der Waals surface area contributed by atoms with Crippen LogP contribution in [0.2, 0.25) is 5.02 Å². The zero-order valence-electron chi connectivity index (χ0n) is 18.3. The molecule has 32 heavy (non-hydrogen) atoms. The van der Waals surface area contributed by atoms with E-state index < -0.39 is 0 Å². The molecule has 0 aliphatic rings. The Labute approximate surface area is 200 Å². The molecule has 4 N–H and O–H groups in total. The van der Waals surface area contributed by atoms with Gasteiger partial charge in [-0.25, -0.2) is 5.84 Å². The summed E-state index contributed by atoms with van der Waals surface area (Å²) in [5, 5.41) is 1.98. The molecule has 1 aromatic heterocycles. The number of benzene rings is 1. The van der Waals surface area contributed by atoms with E-state index in [1.165, 1.54) is 11.2 Å². The maximum atomic E-state index is 6.31. The molecule has 1 unspecified atom stereocenters. The molecule has 8 heteroatoms. The number of nitrogens with zero attached hydrogens (tertiary/aromatic N) is 4. The van der Waals surface area contributed by atoms with E-state index in [2.05, 4.69) is 35.7 Å². The Kier molecular flexibility index (Phi) is 9.81. The molecule has 1 heterocycles. The topological polar surface area (TPSA) is 74.6 Å². The smallest absolute Gasteiger partial charge is 0.117 e. The van der Waals surface area contributed by atoms with Gasteiger partial charge in [-0.05, 0) is 43.3 Å². The fourth-order valence-corrected chi connectivity index (χ4v) is 3.60. The molecule has 0 amide bonds. The number of hydrogen-bond donors (Lipinski definition) is 2. The van der Waals surface area contributed by atoms with Crippen molar-refractivity contribution in [2.45, 2.75) is 12.5 Å². The van der Waals surface area contributed by atoms with Gasteiger partial charge in [-0.3, -0.25) is 14.9 Å². The van der Waals surface area contributed by atoms with Gasteiger partial charge >= 0.3 is 0 Å². The highest BCUT2D eigenvalue weighted by atomic mass is 35.5. The van der Waals surface area contributed by atoms with Crippen LogP contribution in [0, 0.1) is 0 Å². The zero-order chi connectivity index (χ0) is 23.7. The molecule has 1 aromatic carbocycles. The van der Waals surface area contributed by atoms with Crippen LogP contribution in [0.5, 0.6) is 0 Å². The van der Waals surface area contributed by atoms with Crippen molar-refractivity contribution in [3.63, 3.8) is 0 Å². The molecule has 0 saturated heterocycles. The third-order valence-corrected chi connectivity index (χ3v) is 5.23. The summed E-state index contributed by atoms with van der Waals surface area (Å²) in [6.45, 7) is 13.3. The Hall–Kier alpha value is -2.77. The van der Waals surface area contributed by atoms with Crippen molar-refractivity contribution < 1.29 is 0 Å². The number of nitrogens with two attached hydrogens (primary N) is 2. The second-order valence-electron chi connectivity index (χ2n) is 7.30. The Morgan fingerprint density at radius 2 is 2.00 bits per heavy atom. The van der Waals surface area contributed by atoms with Gasteiger partial charge in [-0.15, -0.1) is 13.2 Å². The van der Waals surface area contributed by atoms with E-state index in [0.29, 0.717) is 23.8 Å². The molecule has 0 bridgehead atoms. The average Bonchev–Trinajstić information content (AvgIpc) is 2.75. The highest BCUT2D eigenvalue weighted by Gasteiger charge is 2.20. The van der Waals surface area contributed by atoms with Gasteiger partial charge in [0.2, 0.25) is 0 Å². The second kappa shape index (κ2) is 12.3. The number of halogens is 2. The van der Waals surface area contributed by atoms with Crippen LogP contribution in [0.25, 0.3) is 0 Å². The van der Waals surface area contributed by atoms with Gasteiger partial charge in [0.15, 0.2) is 0 Å². The summed E-state index contributed by atoms with van der Waals surface area (Å²) >= 11 is 12.1. The van der Waals surface area contributed by atoms with E-state index in [-0.39, 0.29) is 11.2 Å². The molecule has 0 radical (unpaired) electrons. The van der Waals surface area contributed by atoms with Crippen molar-refractivity contribution in [1.82, 2.24) is 9.88 Å². The molecule has 0 spiro atoms. The molecule has 2 aromatic rings. The summed E-state index contributed by atoms with van der Waals surface area (Å²) in [6.07, 6.45) is 9.58. The standard InChI is InChI=1S/C24H30Cl2N6/c1-5-12-31(23-14-20(25)9-10-22(23)32(28)17-24(26)27)18(3)16-30(4)21(6-2)13-19-8-7-11-29-15-19/h5-11,14-15,17,21H,1-3,12-13,16,27-28H2,4H3/b24-17-. The maximum absolute atomic E-state index is 6.31. The molecule has 6 nitrogen and oxygen atoms in total. The number of hydrogen-bond acceptors (Lipinski definition) is 6. The van der Waals surface area contributed by atoms with Crippen LogP contribution in [-0.2, 0) is 6.42 Å². The van der Waals surface area contributed by atoms with E-state index in [9.17, 15) is 0 Å². The van der Waals surface area contributed by atoms with Crippen LogP contribution in [-0.4, -0.2) is 36.1 Å². The number of pyridine rings is 1. The number of rotatable bonds is 12. The third-order valence-electron chi connectivity index (χ3n) is 4.90. The zero-order valence-corrected chi connectivity index (χ0v) is 19.8. The van der Waals surface area contributed by atoms with Gasteiger partial charge in [-0.1, -0.05) is 48.0 Å².